The maximum absolute atomic E-state index is 14.3. The standard InChI is InChI=1S/C18H10Cl2F7N3OS/c19-11-2-10(16(21,17(22,23)24)18(25,26)27)3-12(20)15(11)30-6-9(4-28)13-1-8(7-31)14(5-29)32-13/h1-4,6,31H,7,28H2. The Morgan fingerprint density at radius 3 is 2.00 bits per heavy atom. The Bertz CT molecular complexity index is 1080. The molecule has 1 aromatic heterocycles. The number of thiophene rings is 1. The first kappa shape index (κ1) is 25.9. The molecule has 172 valence electrons. The second-order valence-electron chi connectivity index (χ2n) is 6.06. The molecule has 0 spiro atoms. The van der Waals surface area contributed by atoms with Crippen LogP contribution >= 0.6 is 34.5 Å². The molecule has 0 aliphatic carbocycles. The molecule has 1 aromatic carbocycles. The Balaban J connectivity index is 2.52. The van der Waals surface area contributed by atoms with Crippen LogP contribution in [0.15, 0.2) is 29.4 Å². The number of aliphatic imine (C=N–C) groups is 1. The molecule has 0 saturated carbocycles. The van der Waals surface area contributed by atoms with Crippen LogP contribution in [0, 0.1) is 11.3 Å². The lowest BCUT2D eigenvalue weighted by atomic mass is 9.94. The second kappa shape index (κ2) is 9.27. The molecule has 1 heterocycles. The van der Waals surface area contributed by atoms with Crippen LogP contribution in [0.1, 0.15) is 20.9 Å². The van der Waals surface area contributed by atoms with E-state index in [2.05, 4.69) is 4.99 Å². The van der Waals surface area contributed by atoms with Crippen molar-refractivity contribution >= 4 is 52.0 Å². The maximum Gasteiger partial charge on any atom is 0.435 e. The van der Waals surface area contributed by atoms with Crippen LogP contribution in [0.3, 0.4) is 0 Å². The topological polar surface area (TPSA) is 82.4 Å². The van der Waals surface area contributed by atoms with Crippen molar-refractivity contribution < 1.29 is 35.8 Å². The zero-order valence-electron chi connectivity index (χ0n) is 15.3. The van der Waals surface area contributed by atoms with Crippen molar-refractivity contribution in [3.05, 3.63) is 55.3 Å². The predicted molar refractivity (Wildman–Crippen MR) is 107 cm³/mol. The van der Waals surface area contributed by atoms with E-state index in [4.69, 9.17) is 34.2 Å². The minimum Gasteiger partial charge on any atom is -0.404 e. The third-order valence-electron chi connectivity index (χ3n) is 4.07. The molecule has 0 radical (unpaired) electrons. The summed E-state index contributed by atoms with van der Waals surface area (Å²) >= 11 is 12.5. The third-order valence-corrected chi connectivity index (χ3v) is 5.78. The minimum atomic E-state index is -6.33. The Labute approximate surface area is 190 Å². The first-order chi connectivity index (χ1) is 14.7. The summed E-state index contributed by atoms with van der Waals surface area (Å²) in [5.41, 5.74) is -2.02. The maximum atomic E-state index is 14.3. The summed E-state index contributed by atoms with van der Waals surface area (Å²) in [6.07, 6.45) is -10.6. The van der Waals surface area contributed by atoms with Crippen LogP contribution in [-0.4, -0.2) is 23.7 Å². The Hall–Kier alpha value is -2.33. The number of nitrogens with two attached hydrogens (primary N) is 1. The van der Waals surface area contributed by atoms with E-state index in [-0.39, 0.29) is 22.6 Å². The van der Waals surface area contributed by atoms with Gasteiger partial charge < -0.3 is 10.8 Å². The van der Waals surface area contributed by atoms with E-state index in [1.165, 1.54) is 6.07 Å². The van der Waals surface area contributed by atoms with Crippen molar-refractivity contribution in [3.8, 4) is 6.07 Å². The van der Waals surface area contributed by atoms with Crippen LogP contribution in [0.4, 0.5) is 36.4 Å². The average molecular weight is 520 g/mol. The summed E-state index contributed by atoms with van der Waals surface area (Å²) in [4.78, 5) is 4.39. The van der Waals surface area contributed by atoms with E-state index < -0.39 is 45.9 Å². The van der Waals surface area contributed by atoms with Gasteiger partial charge in [-0.3, -0.25) is 4.99 Å². The number of halogens is 9. The predicted octanol–water partition coefficient (Wildman–Crippen LogP) is 6.41. The van der Waals surface area contributed by atoms with Gasteiger partial charge in [0.15, 0.2) is 0 Å². The van der Waals surface area contributed by atoms with E-state index >= 15 is 0 Å². The van der Waals surface area contributed by atoms with Crippen LogP contribution < -0.4 is 5.73 Å². The van der Waals surface area contributed by atoms with Gasteiger partial charge in [0.05, 0.1) is 16.7 Å². The van der Waals surface area contributed by atoms with Crippen molar-refractivity contribution in [2.75, 3.05) is 0 Å². The lowest BCUT2D eigenvalue weighted by Crippen LogP contribution is -2.50. The lowest BCUT2D eigenvalue weighted by molar-refractivity contribution is -0.348. The molecule has 2 aromatic rings. The van der Waals surface area contributed by atoms with Gasteiger partial charge in [0.1, 0.15) is 16.6 Å². The molecule has 14 heteroatoms. The SMILES string of the molecule is N#Cc1sc(C(C=Nc2c(Cl)cc(C(F)(C(F)(F)F)C(F)(F)F)cc2Cl)=CN)cc1CO. The monoisotopic (exact) mass is 519 g/mol. The van der Waals surface area contributed by atoms with Gasteiger partial charge in [-0.15, -0.1) is 11.3 Å². The molecular weight excluding hydrogens is 510 g/mol. The number of hydrogen-bond acceptors (Lipinski definition) is 5. The van der Waals surface area contributed by atoms with Gasteiger partial charge in [0, 0.05) is 34.0 Å². The molecule has 0 aliphatic rings. The number of hydrogen-bond donors (Lipinski definition) is 2. The number of nitriles is 1. The van der Waals surface area contributed by atoms with Gasteiger partial charge in [-0.05, 0) is 18.2 Å². The highest BCUT2D eigenvalue weighted by Gasteiger charge is 2.73. The number of alkyl halides is 7. The molecule has 2 rings (SSSR count). The molecule has 0 unspecified atom stereocenters. The zero-order valence-corrected chi connectivity index (χ0v) is 17.7. The van der Waals surface area contributed by atoms with E-state index in [0.717, 1.165) is 23.8 Å². The summed E-state index contributed by atoms with van der Waals surface area (Å²) in [5.74, 6) is 0. The van der Waals surface area contributed by atoms with Gasteiger partial charge in [0.25, 0.3) is 0 Å². The number of nitrogens with zero attached hydrogens (tertiary/aromatic N) is 2. The molecular formula is C18H10Cl2F7N3OS. The molecule has 0 bridgehead atoms. The fraction of sp³-hybridized carbons (Fsp3) is 0.222. The molecule has 3 N–H and O–H groups in total. The largest absolute Gasteiger partial charge is 0.435 e. The smallest absolute Gasteiger partial charge is 0.404 e. The number of benzene rings is 1. The van der Waals surface area contributed by atoms with Gasteiger partial charge in [0.2, 0.25) is 0 Å². The molecule has 0 saturated heterocycles. The lowest BCUT2D eigenvalue weighted by Gasteiger charge is -2.30. The average Bonchev–Trinajstić information content (AvgIpc) is 3.10. The van der Waals surface area contributed by atoms with Gasteiger partial charge in [-0.25, -0.2) is 4.39 Å². The van der Waals surface area contributed by atoms with E-state index in [1.807, 2.05) is 6.07 Å². The van der Waals surface area contributed by atoms with Crippen LogP contribution in [-0.2, 0) is 12.3 Å². The van der Waals surface area contributed by atoms with Gasteiger partial charge >= 0.3 is 18.0 Å². The Kier molecular flexibility index (Phi) is 7.51. The minimum absolute atomic E-state index is 0.135. The van der Waals surface area contributed by atoms with Gasteiger partial charge in [-0.1, -0.05) is 23.2 Å². The molecule has 0 amide bonds. The second-order valence-corrected chi connectivity index (χ2v) is 7.92. The summed E-state index contributed by atoms with van der Waals surface area (Å²) in [5, 5.41) is 16.7. The highest BCUT2D eigenvalue weighted by Crippen LogP contribution is 2.54. The summed E-state index contributed by atoms with van der Waals surface area (Å²) in [7, 11) is 0. The van der Waals surface area contributed by atoms with E-state index in [0.29, 0.717) is 10.4 Å². The highest BCUT2D eigenvalue weighted by molar-refractivity contribution is 7.14. The first-order valence-corrected chi connectivity index (χ1v) is 9.70. The fourth-order valence-electron chi connectivity index (χ4n) is 2.48. The third kappa shape index (κ3) is 4.71. The summed E-state index contributed by atoms with van der Waals surface area (Å²) < 4.78 is 92.0. The number of aliphatic hydroxyl groups is 1. The molecule has 4 nitrogen and oxygen atoms in total. The quantitative estimate of drug-likeness (QED) is 0.353. The van der Waals surface area contributed by atoms with Crippen molar-refractivity contribution in [2.45, 2.75) is 24.6 Å². The first-order valence-electron chi connectivity index (χ1n) is 8.13. The van der Waals surface area contributed by atoms with Crippen LogP contribution in [0.5, 0.6) is 0 Å². The van der Waals surface area contributed by atoms with Crippen molar-refractivity contribution in [2.24, 2.45) is 10.7 Å². The zero-order chi connectivity index (χ0) is 24.5. The highest BCUT2D eigenvalue weighted by atomic mass is 35.5. The molecule has 32 heavy (non-hydrogen) atoms. The molecule has 0 atom stereocenters. The van der Waals surface area contributed by atoms with Gasteiger partial charge in [-0.2, -0.15) is 31.6 Å². The van der Waals surface area contributed by atoms with E-state index in [1.54, 1.807) is 0 Å². The van der Waals surface area contributed by atoms with Crippen molar-refractivity contribution in [1.82, 2.24) is 0 Å². The number of rotatable bonds is 5. The van der Waals surface area contributed by atoms with Crippen molar-refractivity contribution in [3.63, 3.8) is 0 Å². The fourth-order valence-corrected chi connectivity index (χ4v) is 4.03. The molecule has 0 fully saturated rings. The van der Waals surface area contributed by atoms with Crippen LogP contribution in [0.2, 0.25) is 10.0 Å². The number of allylic oxidation sites excluding steroid dienone is 1. The normalized spacial score (nSPS) is 13.6. The Morgan fingerprint density at radius 2 is 1.62 bits per heavy atom. The molecule has 0 aliphatic heterocycles. The number of aliphatic hydroxyl groups excluding tert-OH is 1. The summed E-state index contributed by atoms with van der Waals surface area (Å²) in [6, 6.07) is 3.57. The summed E-state index contributed by atoms with van der Waals surface area (Å²) in [6.45, 7) is -0.434. The van der Waals surface area contributed by atoms with E-state index in [9.17, 15) is 35.8 Å². The van der Waals surface area contributed by atoms with Crippen molar-refractivity contribution in [1.29, 1.82) is 5.26 Å². The van der Waals surface area contributed by atoms with Crippen LogP contribution in [0.25, 0.3) is 5.57 Å². The Morgan fingerprint density at radius 1 is 1.09 bits per heavy atom.